The minimum Gasteiger partial charge on any atom is -0.338 e. The second kappa shape index (κ2) is 7.16. The average Bonchev–Trinajstić information content (AvgIpc) is 2.28. The van der Waals surface area contributed by atoms with E-state index in [1.165, 1.54) is 0 Å². The molecule has 0 aromatic carbocycles. The fraction of sp³-hybridized carbons (Fsp3) is 0.923. The number of alkyl halides is 1. The minimum atomic E-state index is -0.269. The molecule has 0 radical (unpaired) electrons. The van der Waals surface area contributed by atoms with Gasteiger partial charge in [-0.25, -0.2) is 0 Å². The van der Waals surface area contributed by atoms with Crippen LogP contribution in [0, 0.1) is 5.41 Å². The maximum absolute atomic E-state index is 12.4. The van der Waals surface area contributed by atoms with Gasteiger partial charge in [-0.3, -0.25) is 4.79 Å². The Morgan fingerprint density at radius 3 is 2.06 bits per heavy atom. The second-order valence-electron chi connectivity index (χ2n) is 4.90. The van der Waals surface area contributed by atoms with Crippen molar-refractivity contribution < 1.29 is 4.79 Å². The Balaban J connectivity index is 4.83. The first-order chi connectivity index (χ1) is 7.44. The standard InChI is InChI=1S/C13H26ClNO/c1-6-11(7-2)15(10-9-14)12(16)13(4,5)8-3/h11H,6-10H2,1-5H3. The Kier molecular flexibility index (Phi) is 7.05. The summed E-state index contributed by atoms with van der Waals surface area (Å²) >= 11 is 5.80. The van der Waals surface area contributed by atoms with Gasteiger partial charge >= 0.3 is 0 Å². The summed E-state index contributed by atoms with van der Waals surface area (Å²) in [5.74, 6) is 0.756. The van der Waals surface area contributed by atoms with Crippen LogP contribution in [0.1, 0.15) is 53.9 Å². The lowest BCUT2D eigenvalue weighted by molar-refractivity contribution is -0.142. The van der Waals surface area contributed by atoms with Gasteiger partial charge in [-0.1, -0.05) is 34.6 Å². The third kappa shape index (κ3) is 3.97. The Hall–Kier alpha value is -0.240. The van der Waals surface area contributed by atoms with Crippen molar-refractivity contribution in [2.24, 2.45) is 5.41 Å². The van der Waals surface area contributed by atoms with E-state index in [-0.39, 0.29) is 11.3 Å². The molecule has 0 aromatic rings. The van der Waals surface area contributed by atoms with Gasteiger partial charge < -0.3 is 4.90 Å². The molecule has 0 unspecified atom stereocenters. The van der Waals surface area contributed by atoms with E-state index in [1.54, 1.807) is 0 Å². The van der Waals surface area contributed by atoms with Gasteiger partial charge in [-0.05, 0) is 19.3 Å². The summed E-state index contributed by atoms with van der Waals surface area (Å²) in [4.78, 5) is 14.4. The highest BCUT2D eigenvalue weighted by molar-refractivity contribution is 6.18. The van der Waals surface area contributed by atoms with Gasteiger partial charge in [0.05, 0.1) is 0 Å². The van der Waals surface area contributed by atoms with E-state index in [1.807, 2.05) is 18.7 Å². The molecule has 0 saturated heterocycles. The molecule has 0 aliphatic rings. The number of carbonyl (C=O) groups is 1. The molecule has 2 nitrogen and oxygen atoms in total. The molecule has 1 amide bonds. The largest absolute Gasteiger partial charge is 0.338 e. The van der Waals surface area contributed by atoms with Crippen LogP contribution in [0.4, 0.5) is 0 Å². The summed E-state index contributed by atoms with van der Waals surface area (Å²) in [6, 6.07) is 0.331. The summed E-state index contributed by atoms with van der Waals surface area (Å²) in [5.41, 5.74) is -0.269. The van der Waals surface area contributed by atoms with Gasteiger partial charge in [0.15, 0.2) is 0 Å². The maximum Gasteiger partial charge on any atom is 0.228 e. The van der Waals surface area contributed by atoms with E-state index < -0.39 is 0 Å². The predicted octanol–water partition coefficient (Wildman–Crippen LogP) is 3.68. The molecule has 0 aromatic heterocycles. The van der Waals surface area contributed by atoms with Crippen molar-refractivity contribution in [3.63, 3.8) is 0 Å². The van der Waals surface area contributed by atoms with E-state index in [0.717, 1.165) is 19.3 Å². The monoisotopic (exact) mass is 247 g/mol. The normalized spacial score (nSPS) is 11.9. The van der Waals surface area contributed by atoms with Crippen LogP contribution in [0.3, 0.4) is 0 Å². The van der Waals surface area contributed by atoms with Crippen molar-refractivity contribution in [3.8, 4) is 0 Å². The van der Waals surface area contributed by atoms with Crippen LogP contribution in [-0.2, 0) is 4.79 Å². The molecule has 0 aliphatic heterocycles. The Morgan fingerprint density at radius 1 is 1.25 bits per heavy atom. The van der Waals surface area contributed by atoms with Crippen molar-refractivity contribution in [2.75, 3.05) is 12.4 Å². The van der Waals surface area contributed by atoms with E-state index in [0.29, 0.717) is 18.5 Å². The van der Waals surface area contributed by atoms with Crippen molar-refractivity contribution in [2.45, 2.75) is 59.9 Å². The molecule has 0 aliphatic carbocycles. The molecule has 0 heterocycles. The second-order valence-corrected chi connectivity index (χ2v) is 5.27. The lowest BCUT2D eigenvalue weighted by Crippen LogP contribution is -2.47. The highest BCUT2D eigenvalue weighted by Crippen LogP contribution is 2.25. The number of carbonyl (C=O) groups excluding carboxylic acids is 1. The number of nitrogens with zero attached hydrogens (tertiary/aromatic N) is 1. The quantitative estimate of drug-likeness (QED) is 0.629. The third-order valence-corrected chi connectivity index (χ3v) is 3.60. The molecular weight excluding hydrogens is 222 g/mol. The van der Waals surface area contributed by atoms with Gasteiger partial charge in [0.2, 0.25) is 5.91 Å². The molecule has 96 valence electrons. The van der Waals surface area contributed by atoms with Gasteiger partial charge in [-0.15, -0.1) is 11.6 Å². The van der Waals surface area contributed by atoms with Gasteiger partial charge in [0, 0.05) is 23.9 Å². The zero-order chi connectivity index (χ0) is 12.8. The molecule has 0 atom stereocenters. The fourth-order valence-corrected chi connectivity index (χ4v) is 1.99. The average molecular weight is 248 g/mol. The lowest BCUT2D eigenvalue weighted by Gasteiger charge is -2.36. The van der Waals surface area contributed by atoms with Crippen molar-refractivity contribution >= 4 is 17.5 Å². The van der Waals surface area contributed by atoms with Crippen LogP contribution in [0.25, 0.3) is 0 Å². The number of hydrogen-bond acceptors (Lipinski definition) is 1. The summed E-state index contributed by atoms with van der Waals surface area (Å²) < 4.78 is 0. The zero-order valence-corrected chi connectivity index (χ0v) is 12.1. The van der Waals surface area contributed by atoms with E-state index in [4.69, 9.17) is 11.6 Å². The van der Waals surface area contributed by atoms with Crippen molar-refractivity contribution in [1.29, 1.82) is 0 Å². The maximum atomic E-state index is 12.4. The van der Waals surface area contributed by atoms with Gasteiger partial charge in [-0.2, -0.15) is 0 Å². The number of halogens is 1. The van der Waals surface area contributed by atoms with Crippen molar-refractivity contribution in [1.82, 2.24) is 4.90 Å². The highest BCUT2D eigenvalue weighted by atomic mass is 35.5. The fourth-order valence-electron chi connectivity index (χ4n) is 1.81. The first kappa shape index (κ1) is 15.8. The van der Waals surface area contributed by atoms with Crippen LogP contribution >= 0.6 is 11.6 Å². The molecule has 0 bridgehead atoms. The Labute approximate surface area is 105 Å². The highest BCUT2D eigenvalue weighted by Gasteiger charge is 2.32. The van der Waals surface area contributed by atoms with E-state index >= 15 is 0 Å². The topological polar surface area (TPSA) is 20.3 Å². The van der Waals surface area contributed by atoms with Crippen LogP contribution < -0.4 is 0 Å². The zero-order valence-electron chi connectivity index (χ0n) is 11.3. The summed E-state index contributed by atoms with van der Waals surface area (Å²) in [7, 11) is 0. The SMILES string of the molecule is CCC(CC)N(CCCl)C(=O)C(C)(C)CC. The summed E-state index contributed by atoms with van der Waals surface area (Å²) in [6.45, 7) is 11.0. The van der Waals surface area contributed by atoms with E-state index in [2.05, 4.69) is 20.8 Å². The Bertz CT molecular complexity index is 212. The molecule has 0 fully saturated rings. The van der Waals surface area contributed by atoms with Crippen molar-refractivity contribution in [3.05, 3.63) is 0 Å². The Morgan fingerprint density at radius 2 is 1.75 bits per heavy atom. The molecule has 16 heavy (non-hydrogen) atoms. The number of amides is 1. The molecule has 3 heteroatoms. The lowest BCUT2D eigenvalue weighted by atomic mass is 9.87. The van der Waals surface area contributed by atoms with Crippen LogP contribution in [0.15, 0.2) is 0 Å². The molecule has 0 spiro atoms. The van der Waals surface area contributed by atoms with Crippen LogP contribution in [0.2, 0.25) is 0 Å². The predicted molar refractivity (Wildman–Crippen MR) is 70.9 cm³/mol. The van der Waals surface area contributed by atoms with Gasteiger partial charge in [0.1, 0.15) is 0 Å². The molecule has 0 rings (SSSR count). The number of hydrogen-bond donors (Lipinski definition) is 0. The smallest absolute Gasteiger partial charge is 0.228 e. The summed E-state index contributed by atoms with van der Waals surface area (Å²) in [5, 5.41) is 0. The van der Waals surface area contributed by atoms with E-state index in [9.17, 15) is 4.79 Å². The molecule has 0 N–H and O–H groups in total. The number of rotatable bonds is 7. The molecular formula is C13H26ClNO. The van der Waals surface area contributed by atoms with Gasteiger partial charge in [0.25, 0.3) is 0 Å². The van der Waals surface area contributed by atoms with Crippen LogP contribution in [-0.4, -0.2) is 29.3 Å². The first-order valence-electron chi connectivity index (χ1n) is 6.31. The first-order valence-corrected chi connectivity index (χ1v) is 6.85. The summed E-state index contributed by atoms with van der Waals surface area (Å²) in [6.07, 6.45) is 2.86. The minimum absolute atomic E-state index is 0.240. The molecule has 0 saturated carbocycles. The third-order valence-electron chi connectivity index (χ3n) is 3.43. The van der Waals surface area contributed by atoms with Crippen LogP contribution in [0.5, 0.6) is 0 Å².